The van der Waals surface area contributed by atoms with Crippen molar-refractivity contribution in [2.45, 2.75) is 49.5 Å². The van der Waals surface area contributed by atoms with Gasteiger partial charge in [0.2, 0.25) is 10.0 Å². The Balaban J connectivity index is 1.70. The number of ether oxygens (including phenoxy) is 2. The number of rotatable bonds is 5. The summed E-state index contributed by atoms with van der Waals surface area (Å²) in [7, 11) is -0.530. The Morgan fingerprint density at radius 2 is 1.58 bits per heavy atom. The maximum Gasteiger partial charge on any atom is 0.246 e. The lowest BCUT2D eigenvalue weighted by Gasteiger charge is -2.38. The van der Waals surface area contributed by atoms with Crippen LogP contribution in [-0.2, 0) is 10.0 Å². The molecule has 7 heteroatoms. The predicted octanol–water partition coefficient (Wildman–Crippen LogP) is 2.73. The molecule has 0 N–H and O–H groups in total. The number of nitrogens with zero attached hydrogens (tertiary/aromatic N) is 2. The molecule has 0 aromatic heterocycles. The SMILES string of the molecule is COc1ccc(S(=O)(=O)N2CCN(C3CCCCCC3)CC2)c(OC)c1. The molecule has 0 amide bonds. The largest absolute Gasteiger partial charge is 0.497 e. The summed E-state index contributed by atoms with van der Waals surface area (Å²) in [6, 6.07) is 5.48. The Morgan fingerprint density at radius 3 is 2.15 bits per heavy atom. The quantitative estimate of drug-likeness (QED) is 0.733. The van der Waals surface area contributed by atoms with E-state index in [1.165, 1.54) is 45.6 Å². The first-order chi connectivity index (χ1) is 12.6. The summed E-state index contributed by atoms with van der Waals surface area (Å²) in [5.41, 5.74) is 0. The van der Waals surface area contributed by atoms with Crippen molar-refractivity contribution in [2.24, 2.45) is 0 Å². The number of hydrogen-bond donors (Lipinski definition) is 0. The van der Waals surface area contributed by atoms with Crippen LogP contribution in [0, 0.1) is 0 Å². The van der Waals surface area contributed by atoms with Crippen LogP contribution in [-0.4, -0.2) is 64.1 Å². The zero-order valence-electron chi connectivity index (χ0n) is 15.8. The molecule has 2 aliphatic rings. The molecule has 26 heavy (non-hydrogen) atoms. The van der Waals surface area contributed by atoms with Gasteiger partial charge in [0.1, 0.15) is 16.4 Å². The summed E-state index contributed by atoms with van der Waals surface area (Å²) in [4.78, 5) is 2.70. The summed E-state index contributed by atoms with van der Waals surface area (Å²) in [5.74, 6) is 0.912. The van der Waals surface area contributed by atoms with E-state index in [0.717, 1.165) is 13.1 Å². The lowest BCUT2D eigenvalue weighted by atomic mass is 10.1. The third-order valence-electron chi connectivity index (χ3n) is 5.60. The number of piperazine rings is 1. The highest BCUT2D eigenvalue weighted by atomic mass is 32.2. The van der Waals surface area contributed by atoms with Gasteiger partial charge >= 0.3 is 0 Å². The van der Waals surface area contributed by atoms with Crippen LogP contribution in [0.4, 0.5) is 0 Å². The minimum atomic E-state index is -3.57. The first-order valence-corrected chi connectivity index (χ1v) is 11.0. The van der Waals surface area contributed by atoms with Crippen molar-refractivity contribution in [3.05, 3.63) is 18.2 Å². The van der Waals surface area contributed by atoms with Crippen LogP contribution < -0.4 is 9.47 Å². The molecule has 1 heterocycles. The highest BCUT2D eigenvalue weighted by molar-refractivity contribution is 7.89. The second kappa shape index (κ2) is 8.59. The summed E-state index contributed by atoms with van der Waals surface area (Å²) in [6.07, 6.45) is 7.76. The number of benzene rings is 1. The van der Waals surface area contributed by atoms with Gasteiger partial charge in [0.15, 0.2) is 0 Å². The van der Waals surface area contributed by atoms with E-state index in [1.54, 1.807) is 29.6 Å². The highest BCUT2D eigenvalue weighted by Crippen LogP contribution is 2.31. The molecule has 1 aliphatic carbocycles. The summed E-state index contributed by atoms with van der Waals surface area (Å²) in [6.45, 7) is 2.69. The fraction of sp³-hybridized carbons (Fsp3) is 0.684. The molecular weight excluding hydrogens is 352 g/mol. The van der Waals surface area contributed by atoms with E-state index in [2.05, 4.69) is 4.90 Å². The van der Waals surface area contributed by atoms with Crippen LogP contribution in [0.1, 0.15) is 38.5 Å². The van der Waals surface area contributed by atoms with Crippen molar-refractivity contribution in [3.8, 4) is 11.5 Å². The van der Waals surface area contributed by atoms with Crippen LogP contribution in [0.25, 0.3) is 0 Å². The molecule has 1 aromatic rings. The van der Waals surface area contributed by atoms with E-state index in [4.69, 9.17) is 9.47 Å². The van der Waals surface area contributed by atoms with Gasteiger partial charge in [-0.1, -0.05) is 25.7 Å². The maximum absolute atomic E-state index is 13.1. The molecule has 0 atom stereocenters. The van der Waals surface area contributed by atoms with E-state index >= 15 is 0 Å². The molecule has 0 unspecified atom stereocenters. The molecule has 1 saturated carbocycles. The molecule has 6 nitrogen and oxygen atoms in total. The zero-order valence-corrected chi connectivity index (χ0v) is 16.6. The van der Waals surface area contributed by atoms with Gasteiger partial charge in [-0.25, -0.2) is 8.42 Å². The molecule has 146 valence electrons. The van der Waals surface area contributed by atoms with Crippen molar-refractivity contribution < 1.29 is 17.9 Å². The van der Waals surface area contributed by atoms with Crippen LogP contribution in [0.2, 0.25) is 0 Å². The number of methoxy groups -OCH3 is 2. The molecule has 1 aliphatic heterocycles. The maximum atomic E-state index is 13.1. The standard InChI is InChI=1S/C19H30N2O4S/c1-24-17-9-10-19(18(15-17)25-2)26(22,23)21-13-11-20(12-14-21)16-7-5-3-4-6-8-16/h9-10,15-16H,3-8,11-14H2,1-2H3. The smallest absolute Gasteiger partial charge is 0.246 e. The van der Waals surface area contributed by atoms with Crippen LogP contribution in [0.3, 0.4) is 0 Å². The fourth-order valence-electron chi connectivity index (χ4n) is 4.06. The van der Waals surface area contributed by atoms with E-state index in [9.17, 15) is 8.42 Å². The molecule has 0 radical (unpaired) electrons. The lowest BCUT2D eigenvalue weighted by Crippen LogP contribution is -2.51. The predicted molar refractivity (Wildman–Crippen MR) is 101 cm³/mol. The van der Waals surface area contributed by atoms with Crippen molar-refractivity contribution in [3.63, 3.8) is 0 Å². The second-order valence-corrected chi connectivity index (χ2v) is 9.01. The van der Waals surface area contributed by atoms with Gasteiger partial charge < -0.3 is 9.47 Å². The monoisotopic (exact) mass is 382 g/mol. The molecular formula is C19H30N2O4S. The normalized spacial score (nSPS) is 21.3. The zero-order chi connectivity index (χ0) is 18.6. The molecule has 2 fully saturated rings. The van der Waals surface area contributed by atoms with Crippen LogP contribution in [0.15, 0.2) is 23.1 Å². The van der Waals surface area contributed by atoms with Crippen molar-refractivity contribution in [1.82, 2.24) is 9.21 Å². The fourth-order valence-corrected chi connectivity index (χ4v) is 5.62. The van der Waals surface area contributed by atoms with E-state index in [1.807, 2.05) is 0 Å². The number of hydrogen-bond acceptors (Lipinski definition) is 5. The Bertz CT molecular complexity index is 691. The summed E-state index contributed by atoms with van der Waals surface area (Å²) >= 11 is 0. The highest BCUT2D eigenvalue weighted by Gasteiger charge is 2.33. The minimum Gasteiger partial charge on any atom is -0.497 e. The van der Waals surface area contributed by atoms with Gasteiger partial charge in [-0.15, -0.1) is 0 Å². The first kappa shape index (κ1) is 19.5. The Labute approximate surface area is 157 Å². The van der Waals surface area contributed by atoms with E-state index in [0.29, 0.717) is 30.6 Å². The van der Waals surface area contributed by atoms with Gasteiger partial charge in [0.25, 0.3) is 0 Å². The van der Waals surface area contributed by atoms with Gasteiger partial charge in [-0.3, -0.25) is 4.90 Å². The third kappa shape index (κ3) is 4.15. The van der Waals surface area contributed by atoms with Crippen molar-refractivity contribution in [2.75, 3.05) is 40.4 Å². The van der Waals surface area contributed by atoms with Gasteiger partial charge in [-0.05, 0) is 25.0 Å². The van der Waals surface area contributed by atoms with Crippen molar-refractivity contribution in [1.29, 1.82) is 0 Å². The van der Waals surface area contributed by atoms with Gasteiger partial charge in [-0.2, -0.15) is 4.31 Å². The Hall–Kier alpha value is -1.31. The minimum absolute atomic E-state index is 0.212. The summed E-state index contributed by atoms with van der Waals surface area (Å²) < 4.78 is 38.2. The third-order valence-corrected chi connectivity index (χ3v) is 7.54. The average molecular weight is 383 g/mol. The molecule has 1 saturated heterocycles. The Morgan fingerprint density at radius 1 is 0.923 bits per heavy atom. The molecule has 0 spiro atoms. The summed E-state index contributed by atoms with van der Waals surface area (Å²) in [5, 5.41) is 0. The molecule has 3 rings (SSSR count). The van der Waals surface area contributed by atoms with Gasteiger partial charge in [0, 0.05) is 38.3 Å². The van der Waals surface area contributed by atoms with Crippen LogP contribution >= 0.6 is 0 Å². The van der Waals surface area contributed by atoms with E-state index < -0.39 is 10.0 Å². The Kier molecular flexibility index (Phi) is 6.42. The average Bonchev–Trinajstić information content (AvgIpc) is 2.97. The molecule has 1 aromatic carbocycles. The first-order valence-electron chi connectivity index (χ1n) is 9.52. The van der Waals surface area contributed by atoms with Gasteiger partial charge in [0.05, 0.1) is 14.2 Å². The van der Waals surface area contributed by atoms with E-state index in [-0.39, 0.29) is 4.90 Å². The lowest BCUT2D eigenvalue weighted by molar-refractivity contribution is 0.126. The van der Waals surface area contributed by atoms with Crippen LogP contribution in [0.5, 0.6) is 11.5 Å². The molecule has 0 bridgehead atoms. The second-order valence-electron chi connectivity index (χ2n) is 7.10. The number of sulfonamides is 1. The van der Waals surface area contributed by atoms with Crippen molar-refractivity contribution >= 4 is 10.0 Å². The topological polar surface area (TPSA) is 59.1 Å².